The summed E-state index contributed by atoms with van der Waals surface area (Å²) in [7, 11) is 2.17. The van der Waals surface area contributed by atoms with Crippen LogP contribution in [0.25, 0.3) is 0 Å². The van der Waals surface area contributed by atoms with Gasteiger partial charge in [-0.25, -0.2) is 0 Å². The van der Waals surface area contributed by atoms with Gasteiger partial charge in [-0.15, -0.1) is 0 Å². The largest absolute Gasteiger partial charge is 0.394 e. The molecule has 3 nitrogen and oxygen atoms in total. The maximum Gasteiger partial charge on any atom is 0.0683 e. The van der Waals surface area contributed by atoms with Crippen LogP contribution in [0.4, 0.5) is 0 Å². The van der Waals surface area contributed by atoms with Crippen LogP contribution < -0.4 is 5.32 Å². The van der Waals surface area contributed by atoms with Crippen LogP contribution in [0.15, 0.2) is 30.3 Å². The molecule has 0 aliphatic heterocycles. The van der Waals surface area contributed by atoms with E-state index in [1.165, 1.54) is 18.4 Å². The summed E-state index contributed by atoms with van der Waals surface area (Å²) in [5, 5.41) is 13.8. The number of aliphatic hydroxyl groups is 1. The second kappa shape index (κ2) is 7.39. The van der Waals surface area contributed by atoms with Crippen LogP contribution in [0, 0.1) is 5.92 Å². The van der Waals surface area contributed by atoms with E-state index in [-0.39, 0.29) is 12.1 Å². The summed E-state index contributed by atoms with van der Waals surface area (Å²) in [6.45, 7) is 6.74. The lowest BCUT2D eigenvalue weighted by Crippen LogP contribution is -2.49. The molecule has 1 aliphatic rings. The molecule has 0 radical (unpaired) electrons. The van der Waals surface area contributed by atoms with Crippen molar-refractivity contribution in [3.05, 3.63) is 35.9 Å². The Bertz CT molecular complexity index is 416. The van der Waals surface area contributed by atoms with Crippen LogP contribution in [-0.4, -0.2) is 42.8 Å². The molecule has 118 valence electrons. The van der Waals surface area contributed by atoms with Gasteiger partial charge in [0.25, 0.3) is 0 Å². The standard InChI is InChI=1S/C18H30N2O/c1-15(2)13-20(3)12-11-18(14-21,19-17-9-10-17)16-7-5-4-6-8-16/h4-8,15,17,19,21H,9-14H2,1-3H3. The summed E-state index contributed by atoms with van der Waals surface area (Å²) >= 11 is 0. The van der Waals surface area contributed by atoms with Crippen LogP contribution in [0.2, 0.25) is 0 Å². The summed E-state index contributed by atoms with van der Waals surface area (Å²) in [5.74, 6) is 0.673. The van der Waals surface area contributed by atoms with E-state index in [0.717, 1.165) is 19.5 Å². The highest BCUT2D eigenvalue weighted by molar-refractivity contribution is 5.25. The normalized spacial score (nSPS) is 18.2. The number of hydrogen-bond donors (Lipinski definition) is 2. The minimum atomic E-state index is -0.298. The van der Waals surface area contributed by atoms with Gasteiger partial charge in [0.1, 0.15) is 0 Å². The second-order valence-corrected chi connectivity index (χ2v) is 6.93. The molecule has 1 aromatic rings. The highest BCUT2D eigenvalue weighted by Gasteiger charge is 2.37. The maximum absolute atomic E-state index is 10.1. The third-order valence-electron chi connectivity index (χ3n) is 4.25. The van der Waals surface area contributed by atoms with Gasteiger partial charge in [0, 0.05) is 19.1 Å². The molecule has 1 saturated carbocycles. The highest BCUT2D eigenvalue weighted by Crippen LogP contribution is 2.31. The van der Waals surface area contributed by atoms with E-state index < -0.39 is 0 Å². The van der Waals surface area contributed by atoms with Crippen molar-refractivity contribution in [2.24, 2.45) is 5.92 Å². The fraction of sp³-hybridized carbons (Fsp3) is 0.667. The van der Waals surface area contributed by atoms with Crippen molar-refractivity contribution in [2.45, 2.75) is 44.7 Å². The Kier molecular flexibility index (Phi) is 5.80. The monoisotopic (exact) mass is 290 g/mol. The highest BCUT2D eigenvalue weighted by atomic mass is 16.3. The summed E-state index contributed by atoms with van der Waals surface area (Å²) in [4.78, 5) is 2.37. The van der Waals surface area contributed by atoms with Crippen molar-refractivity contribution >= 4 is 0 Å². The Labute approximate surface area is 129 Å². The van der Waals surface area contributed by atoms with E-state index >= 15 is 0 Å². The lowest BCUT2D eigenvalue weighted by molar-refractivity contribution is 0.132. The van der Waals surface area contributed by atoms with Crippen LogP contribution in [0.1, 0.15) is 38.7 Å². The van der Waals surface area contributed by atoms with Gasteiger partial charge in [-0.3, -0.25) is 0 Å². The van der Waals surface area contributed by atoms with Gasteiger partial charge in [-0.2, -0.15) is 0 Å². The first-order valence-electron chi connectivity index (χ1n) is 8.18. The lowest BCUT2D eigenvalue weighted by Gasteiger charge is -2.36. The zero-order valence-corrected chi connectivity index (χ0v) is 13.7. The molecule has 0 amide bonds. The first kappa shape index (κ1) is 16.5. The minimum Gasteiger partial charge on any atom is -0.394 e. The minimum absolute atomic E-state index is 0.156. The van der Waals surface area contributed by atoms with Gasteiger partial charge in [0.05, 0.1) is 12.1 Å². The van der Waals surface area contributed by atoms with E-state index in [1.54, 1.807) is 0 Å². The van der Waals surface area contributed by atoms with Gasteiger partial charge >= 0.3 is 0 Å². The Morgan fingerprint density at radius 2 is 1.95 bits per heavy atom. The number of hydrogen-bond acceptors (Lipinski definition) is 3. The van der Waals surface area contributed by atoms with Gasteiger partial charge in [-0.05, 0) is 37.8 Å². The van der Waals surface area contributed by atoms with E-state index in [2.05, 4.69) is 55.4 Å². The van der Waals surface area contributed by atoms with Gasteiger partial charge in [0.2, 0.25) is 0 Å². The van der Waals surface area contributed by atoms with Gasteiger partial charge < -0.3 is 15.3 Å². The summed E-state index contributed by atoms with van der Waals surface area (Å²) in [6.07, 6.45) is 3.40. The molecule has 0 spiro atoms. The third kappa shape index (κ3) is 4.80. The molecule has 3 heteroatoms. The van der Waals surface area contributed by atoms with Gasteiger partial charge in [-0.1, -0.05) is 44.2 Å². The molecule has 1 aliphatic carbocycles. The zero-order valence-electron chi connectivity index (χ0n) is 13.7. The molecule has 0 saturated heterocycles. The van der Waals surface area contributed by atoms with Crippen molar-refractivity contribution in [3.8, 4) is 0 Å². The number of nitrogens with one attached hydrogen (secondary N) is 1. The zero-order chi connectivity index (χ0) is 15.3. The number of nitrogens with zero attached hydrogens (tertiary/aromatic N) is 1. The Hall–Kier alpha value is -0.900. The molecule has 0 bridgehead atoms. The van der Waals surface area contributed by atoms with Gasteiger partial charge in [0.15, 0.2) is 0 Å². The third-order valence-corrected chi connectivity index (χ3v) is 4.25. The van der Waals surface area contributed by atoms with Crippen molar-refractivity contribution in [2.75, 3.05) is 26.7 Å². The molecule has 1 fully saturated rings. The molecular weight excluding hydrogens is 260 g/mol. The maximum atomic E-state index is 10.1. The Morgan fingerprint density at radius 3 is 2.48 bits per heavy atom. The number of benzene rings is 1. The Morgan fingerprint density at radius 1 is 1.29 bits per heavy atom. The van der Waals surface area contributed by atoms with E-state index in [9.17, 15) is 5.11 Å². The second-order valence-electron chi connectivity index (χ2n) is 6.93. The molecule has 2 rings (SSSR count). The molecule has 1 atom stereocenters. The quantitative estimate of drug-likeness (QED) is 0.734. The molecule has 1 aromatic carbocycles. The molecule has 1 unspecified atom stereocenters. The summed E-state index contributed by atoms with van der Waals surface area (Å²) < 4.78 is 0. The Balaban J connectivity index is 2.07. The lowest BCUT2D eigenvalue weighted by atomic mass is 9.86. The van der Waals surface area contributed by atoms with Crippen molar-refractivity contribution in [3.63, 3.8) is 0 Å². The van der Waals surface area contributed by atoms with Crippen LogP contribution in [0.5, 0.6) is 0 Å². The molecular formula is C18H30N2O. The van der Waals surface area contributed by atoms with Crippen LogP contribution in [0.3, 0.4) is 0 Å². The smallest absolute Gasteiger partial charge is 0.0683 e. The summed E-state index contributed by atoms with van der Waals surface area (Å²) in [6, 6.07) is 11.0. The van der Waals surface area contributed by atoms with Crippen molar-refractivity contribution in [1.82, 2.24) is 10.2 Å². The van der Waals surface area contributed by atoms with E-state index in [0.29, 0.717) is 12.0 Å². The van der Waals surface area contributed by atoms with Crippen molar-refractivity contribution in [1.29, 1.82) is 0 Å². The van der Waals surface area contributed by atoms with Crippen molar-refractivity contribution < 1.29 is 5.11 Å². The van der Waals surface area contributed by atoms with E-state index in [1.807, 2.05) is 6.07 Å². The first-order valence-corrected chi connectivity index (χ1v) is 8.18. The van der Waals surface area contributed by atoms with Crippen LogP contribution in [-0.2, 0) is 5.54 Å². The first-order chi connectivity index (χ1) is 10.1. The average Bonchev–Trinajstić information content (AvgIpc) is 3.27. The fourth-order valence-corrected chi connectivity index (χ4v) is 2.99. The van der Waals surface area contributed by atoms with E-state index in [4.69, 9.17) is 0 Å². The predicted molar refractivity (Wildman–Crippen MR) is 88.3 cm³/mol. The fourth-order valence-electron chi connectivity index (χ4n) is 2.99. The molecule has 21 heavy (non-hydrogen) atoms. The molecule has 0 aromatic heterocycles. The SMILES string of the molecule is CC(C)CN(C)CCC(CO)(NC1CC1)c1ccccc1. The van der Waals surface area contributed by atoms with Crippen LogP contribution >= 0.6 is 0 Å². The average molecular weight is 290 g/mol. The molecule has 2 N–H and O–H groups in total. The predicted octanol–water partition coefficient (Wildman–Crippen LogP) is 2.60. The topological polar surface area (TPSA) is 35.5 Å². The number of rotatable bonds is 9. The summed E-state index contributed by atoms with van der Waals surface area (Å²) in [5.41, 5.74) is 0.908. The number of aliphatic hydroxyl groups excluding tert-OH is 1. The molecule has 0 heterocycles.